The summed E-state index contributed by atoms with van der Waals surface area (Å²) >= 11 is 0. The Balaban J connectivity index is 1.94. The van der Waals surface area contributed by atoms with Crippen LogP contribution in [0.25, 0.3) is 0 Å². The second-order valence-corrected chi connectivity index (χ2v) is 7.87. The molecule has 1 unspecified atom stereocenters. The average Bonchev–Trinajstić information content (AvgIpc) is 2.40. The lowest BCUT2D eigenvalue weighted by Crippen LogP contribution is -2.60. The van der Waals surface area contributed by atoms with Gasteiger partial charge < -0.3 is 9.84 Å². The zero-order valence-corrected chi connectivity index (χ0v) is 14.7. The first-order valence-corrected chi connectivity index (χ1v) is 8.36. The number of aryl methyl sites for hydroxylation is 1. The number of rotatable bonds is 5. The van der Waals surface area contributed by atoms with E-state index in [0.717, 1.165) is 5.75 Å². The van der Waals surface area contributed by atoms with Crippen LogP contribution in [0.3, 0.4) is 0 Å². The van der Waals surface area contributed by atoms with Gasteiger partial charge >= 0.3 is 0 Å². The van der Waals surface area contributed by atoms with Gasteiger partial charge in [0.1, 0.15) is 18.5 Å². The van der Waals surface area contributed by atoms with Crippen LogP contribution in [0.15, 0.2) is 24.3 Å². The second kappa shape index (κ2) is 6.59. The van der Waals surface area contributed by atoms with E-state index in [1.165, 1.54) is 24.8 Å². The largest absolute Gasteiger partial charge is 0.491 e. The molecular formula is C19H31NO2. The summed E-state index contributed by atoms with van der Waals surface area (Å²) in [4.78, 5) is 2.45. The third kappa shape index (κ3) is 4.23. The Morgan fingerprint density at radius 3 is 2.41 bits per heavy atom. The van der Waals surface area contributed by atoms with Gasteiger partial charge in [-0.05, 0) is 71.6 Å². The van der Waals surface area contributed by atoms with Gasteiger partial charge in [-0.15, -0.1) is 0 Å². The number of hydrogen-bond donors (Lipinski definition) is 1. The Kier molecular flexibility index (Phi) is 5.18. The van der Waals surface area contributed by atoms with E-state index in [1.807, 2.05) is 31.2 Å². The van der Waals surface area contributed by atoms with Crippen molar-refractivity contribution in [2.24, 2.45) is 0 Å². The molecule has 0 spiro atoms. The third-order valence-electron chi connectivity index (χ3n) is 4.86. The van der Waals surface area contributed by atoms with E-state index in [4.69, 9.17) is 4.74 Å². The number of piperidine rings is 1. The molecule has 1 heterocycles. The summed E-state index contributed by atoms with van der Waals surface area (Å²) in [6.45, 7) is 12.2. The van der Waals surface area contributed by atoms with Crippen molar-refractivity contribution in [3.05, 3.63) is 29.8 Å². The van der Waals surface area contributed by atoms with Crippen LogP contribution in [0.5, 0.6) is 5.75 Å². The van der Waals surface area contributed by atoms with Crippen LogP contribution in [0, 0.1) is 6.92 Å². The molecule has 22 heavy (non-hydrogen) atoms. The van der Waals surface area contributed by atoms with Crippen LogP contribution >= 0.6 is 0 Å². The number of ether oxygens (including phenoxy) is 1. The maximum Gasteiger partial charge on any atom is 0.119 e. The normalized spacial score (nSPS) is 22.3. The van der Waals surface area contributed by atoms with Gasteiger partial charge in [0.15, 0.2) is 0 Å². The number of benzene rings is 1. The summed E-state index contributed by atoms with van der Waals surface area (Å²) < 4.78 is 5.75. The molecule has 0 aliphatic carbocycles. The van der Waals surface area contributed by atoms with Gasteiger partial charge in [-0.2, -0.15) is 0 Å². The molecule has 3 heteroatoms. The van der Waals surface area contributed by atoms with E-state index < -0.39 is 6.10 Å². The fourth-order valence-corrected chi connectivity index (χ4v) is 3.70. The van der Waals surface area contributed by atoms with Crippen LogP contribution in [-0.4, -0.2) is 40.3 Å². The average molecular weight is 305 g/mol. The van der Waals surface area contributed by atoms with E-state index in [-0.39, 0.29) is 11.1 Å². The fraction of sp³-hybridized carbons (Fsp3) is 0.684. The number of β-amino-alcohol motifs (C(OH)–C–C–N with tert-alkyl or cyclic N) is 1. The highest BCUT2D eigenvalue weighted by Crippen LogP contribution is 2.38. The van der Waals surface area contributed by atoms with Gasteiger partial charge in [0.2, 0.25) is 0 Å². The summed E-state index contributed by atoms with van der Waals surface area (Å²) in [5.41, 5.74) is 1.43. The first kappa shape index (κ1) is 17.3. The van der Waals surface area contributed by atoms with Gasteiger partial charge in [-0.25, -0.2) is 0 Å². The number of aliphatic hydroxyl groups excluding tert-OH is 1. The number of aliphatic hydroxyl groups is 1. The molecule has 0 saturated carbocycles. The van der Waals surface area contributed by atoms with Gasteiger partial charge in [0.25, 0.3) is 0 Å². The van der Waals surface area contributed by atoms with Crippen LogP contribution in [-0.2, 0) is 0 Å². The molecule has 2 rings (SSSR count). The number of nitrogens with zero attached hydrogens (tertiary/aromatic N) is 1. The van der Waals surface area contributed by atoms with E-state index in [1.54, 1.807) is 0 Å². The SMILES string of the molecule is Cc1cccc(OCC(O)CN2C(C)(C)CCCC2(C)C)c1. The molecule has 3 nitrogen and oxygen atoms in total. The Labute approximate surface area is 135 Å². The van der Waals surface area contributed by atoms with Gasteiger partial charge in [0, 0.05) is 17.6 Å². The highest BCUT2D eigenvalue weighted by Gasteiger charge is 2.41. The Morgan fingerprint density at radius 2 is 1.82 bits per heavy atom. The minimum absolute atomic E-state index is 0.131. The smallest absolute Gasteiger partial charge is 0.119 e. The Morgan fingerprint density at radius 1 is 1.18 bits per heavy atom. The standard InChI is InChI=1S/C19H31NO2/c1-15-8-6-9-17(12-15)22-14-16(21)13-20-18(2,3)10-7-11-19(20,4)5/h6,8-9,12,16,21H,7,10-11,13-14H2,1-5H3. The molecule has 0 amide bonds. The highest BCUT2D eigenvalue weighted by atomic mass is 16.5. The quantitative estimate of drug-likeness (QED) is 0.898. The summed E-state index contributed by atoms with van der Waals surface area (Å²) in [7, 11) is 0. The fourth-order valence-electron chi connectivity index (χ4n) is 3.70. The molecule has 1 saturated heterocycles. The lowest BCUT2D eigenvalue weighted by molar-refractivity contribution is -0.0606. The third-order valence-corrected chi connectivity index (χ3v) is 4.86. The zero-order chi connectivity index (χ0) is 16.4. The molecule has 1 atom stereocenters. The second-order valence-electron chi connectivity index (χ2n) is 7.87. The van der Waals surface area contributed by atoms with Crippen molar-refractivity contribution in [1.29, 1.82) is 0 Å². The predicted molar refractivity (Wildman–Crippen MR) is 91.4 cm³/mol. The topological polar surface area (TPSA) is 32.7 Å². The minimum atomic E-state index is -0.475. The van der Waals surface area contributed by atoms with Crippen molar-refractivity contribution in [3.63, 3.8) is 0 Å². The molecule has 1 N–H and O–H groups in total. The van der Waals surface area contributed by atoms with Gasteiger partial charge in [-0.3, -0.25) is 4.90 Å². The van der Waals surface area contributed by atoms with E-state index >= 15 is 0 Å². The molecular weight excluding hydrogens is 274 g/mol. The molecule has 1 aliphatic heterocycles. The van der Waals surface area contributed by atoms with Crippen LogP contribution in [0.4, 0.5) is 0 Å². The van der Waals surface area contributed by atoms with Crippen LogP contribution < -0.4 is 4.74 Å². The molecule has 0 bridgehead atoms. The van der Waals surface area contributed by atoms with Crippen LogP contribution in [0.1, 0.15) is 52.5 Å². The molecule has 1 aromatic carbocycles. The van der Waals surface area contributed by atoms with Gasteiger partial charge in [-0.1, -0.05) is 12.1 Å². The monoisotopic (exact) mass is 305 g/mol. The maximum atomic E-state index is 10.4. The summed E-state index contributed by atoms with van der Waals surface area (Å²) in [5.74, 6) is 0.830. The summed E-state index contributed by atoms with van der Waals surface area (Å²) in [6, 6.07) is 7.96. The Hall–Kier alpha value is -1.06. The van der Waals surface area contributed by atoms with E-state index in [9.17, 15) is 5.11 Å². The minimum Gasteiger partial charge on any atom is -0.491 e. The van der Waals surface area contributed by atoms with Crippen LogP contribution in [0.2, 0.25) is 0 Å². The van der Waals surface area contributed by atoms with Crippen molar-refractivity contribution in [1.82, 2.24) is 4.90 Å². The summed E-state index contributed by atoms with van der Waals surface area (Å²) in [5, 5.41) is 10.4. The lowest BCUT2D eigenvalue weighted by Gasteiger charge is -2.53. The van der Waals surface area contributed by atoms with Crippen molar-refractivity contribution in [2.45, 2.75) is 71.1 Å². The molecule has 1 fully saturated rings. The van der Waals surface area contributed by atoms with Gasteiger partial charge in [0.05, 0.1) is 0 Å². The van der Waals surface area contributed by atoms with E-state index in [0.29, 0.717) is 13.2 Å². The number of hydrogen-bond acceptors (Lipinski definition) is 3. The van der Waals surface area contributed by atoms with Crippen molar-refractivity contribution < 1.29 is 9.84 Å². The number of likely N-dealkylation sites (tertiary alicyclic amines) is 1. The molecule has 1 aliphatic rings. The lowest BCUT2D eigenvalue weighted by atomic mass is 9.79. The highest BCUT2D eigenvalue weighted by molar-refractivity contribution is 5.27. The zero-order valence-electron chi connectivity index (χ0n) is 14.7. The molecule has 0 radical (unpaired) electrons. The van der Waals surface area contributed by atoms with Crippen molar-refractivity contribution >= 4 is 0 Å². The van der Waals surface area contributed by atoms with E-state index in [2.05, 4.69) is 32.6 Å². The van der Waals surface area contributed by atoms with Crippen molar-refractivity contribution in [3.8, 4) is 5.75 Å². The predicted octanol–water partition coefficient (Wildman–Crippen LogP) is 3.78. The molecule has 0 aromatic heterocycles. The first-order valence-electron chi connectivity index (χ1n) is 8.36. The molecule has 124 valence electrons. The first-order chi connectivity index (χ1) is 10.2. The molecule has 1 aromatic rings. The summed E-state index contributed by atoms with van der Waals surface area (Å²) in [6.07, 6.45) is 3.15. The maximum absolute atomic E-state index is 10.4. The Bertz CT molecular complexity index is 480. The van der Waals surface area contributed by atoms with Crippen molar-refractivity contribution in [2.75, 3.05) is 13.2 Å².